The molecule has 0 bridgehead atoms. The molecule has 2 aromatic heterocycles. The lowest BCUT2D eigenvalue weighted by Crippen LogP contribution is -2.07. The largest absolute Gasteiger partial charge is 0.370 e. The molecule has 0 aliphatic carbocycles. The maximum absolute atomic E-state index is 4.46. The second kappa shape index (κ2) is 5.86. The van der Waals surface area contributed by atoms with Gasteiger partial charge in [0.2, 0.25) is 0 Å². The number of aryl methyl sites for hydroxylation is 1. The first-order valence-corrected chi connectivity index (χ1v) is 7.15. The zero-order valence-corrected chi connectivity index (χ0v) is 11.7. The van der Waals surface area contributed by atoms with Crippen LogP contribution < -0.4 is 5.32 Å². The van der Waals surface area contributed by atoms with Gasteiger partial charge in [-0.1, -0.05) is 18.7 Å². The van der Waals surface area contributed by atoms with E-state index < -0.39 is 0 Å². The van der Waals surface area contributed by atoms with Crippen LogP contribution in [0.4, 0.5) is 5.82 Å². The standard InChI is InChI=1S/C12H17N5S/c1-4-6-13-10-8-11(15-12(14-10)18-3)17-7-5-9(2)16-17/h5,7-8H,4,6H2,1-3H3,(H,13,14,15). The van der Waals surface area contributed by atoms with Crippen LogP contribution in [0, 0.1) is 6.92 Å². The Bertz CT molecular complexity index is 523. The monoisotopic (exact) mass is 263 g/mol. The molecule has 0 aliphatic heterocycles. The minimum absolute atomic E-state index is 0.749. The minimum Gasteiger partial charge on any atom is -0.370 e. The fourth-order valence-electron chi connectivity index (χ4n) is 1.51. The lowest BCUT2D eigenvalue weighted by molar-refractivity contribution is 0.797. The van der Waals surface area contributed by atoms with Gasteiger partial charge in [-0.15, -0.1) is 0 Å². The Morgan fingerprint density at radius 3 is 2.83 bits per heavy atom. The summed E-state index contributed by atoms with van der Waals surface area (Å²) in [5.41, 5.74) is 0.974. The number of anilines is 1. The van der Waals surface area contributed by atoms with Gasteiger partial charge >= 0.3 is 0 Å². The molecule has 2 rings (SSSR count). The Hall–Kier alpha value is -1.56. The third-order valence-corrected chi connectivity index (χ3v) is 2.94. The van der Waals surface area contributed by atoms with Gasteiger partial charge in [0.1, 0.15) is 5.82 Å². The van der Waals surface area contributed by atoms with Crippen molar-refractivity contribution in [3.8, 4) is 5.82 Å². The Morgan fingerprint density at radius 1 is 1.39 bits per heavy atom. The van der Waals surface area contributed by atoms with E-state index in [4.69, 9.17) is 0 Å². The molecule has 96 valence electrons. The summed E-state index contributed by atoms with van der Waals surface area (Å²) >= 11 is 1.53. The van der Waals surface area contributed by atoms with Crippen LogP contribution in [-0.2, 0) is 0 Å². The molecule has 0 unspecified atom stereocenters. The first-order chi connectivity index (χ1) is 8.72. The fraction of sp³-hybridized carbons (Fsp3) is 0.417. The molecule has 2 aromatic rings. The first-order valence-electron chi connectivity index (χ1n) is 5.92. The molecular formula is C12H17N5S. The molecule has 0 amide bonds. The molecule has 2 heterocycles. The van der Waals surface area contributed by atoms with Gasteiger partial charge in [0.15, 0.2) is 11.0 Å². The molecule has 0 spiro atoms. The maximum Gasteiger partial charge on any atom is 0.191 e. The number of rotatable bonds is 5. The van der Waals surface area contributed by atoms with Gasteiger partial charge in [-0.3, -0.25) is 0 Å². The smallest absolute Gasteiger partial charge is 0.191 e. The molecule has 0 fully saturated rings. The second-order valence-corrected chi connectivity index (χ2v) is 4.70. The SMILES string of the molecule is CCCNc1cc(-n2ccc(C)n2)nc(SC)n1. The van der Waals surface area contributed by atoms with Gasteiger partial charge in [-0.25, -0.2) is 14.6 Å². The second-order valence-electron chi connectivity index (χ2n) is 3.93. The molecule has 0 saturated carbocycles. The third kappa shape index (κ3) is 3.01. The van der Waals surface area contributed by atoms with Crippen molar-refractivity contribution in [3.63, 3.8) is 0 Å². The van der Waals surface area contributed by atoms with E-state index in [1.807, 2.05) is 31.5 Å². The van der Waals surface area contributed by atoms with E-state index >= 15 is 0 Å². The van der Waals surface area contributed by atoms with Crippen LogP contribution in [0.3, 0.4) is 0 Å². The summed E-state index contributed by atoms with van der Waals surface area (Å²) in [6.45, 7) is 4.99. The van der Waals surface area contributed by atoms with Crippen molar-refractivity contribution in [2.75, 3.05) is 18.1 Å². The van der Waals surface area contributed by atoms with Crippen LogP contribution in [0.1, 0.15) is 19.0 Å². The summed E-state index contributed by atoms with van der Waals surface area (Å²) < 4.78 is 1.77. The highest BCUT2D eigenvalue weighted by atomic mass is 32.2. The van der Waals surface area contributed by atoms with Gasteiger partial charge in [0.25, 0.3) is 0 Å². The van der Waals surface area contributed by atoms with Gasteiger partial charge in [-0.2, -0.15) is 5.10 Å². The molecule has 0 atom stereocenters. The van der Waals surface area contributed by atoms with E-state index in [1.54, 1.807) is 4.68 Å². The first kappa shape index (κ1) is 12.9. The highest BCUT2D eigenvalue weighted by molar-refractivity contribution is 7.98. The number of aromatic nitrogens is 4. The van der Waals surface area contributed by atoms with Crippen molar-refractivity contribution < 1.29 is 0 Å². The fourth-order valence-corrected chi connectivity index (χ4v) is 1.88. The molecule has 0 saturated heterocycles. The van der Waals surface area contributed by atoms with Crippen LogP contribution in [-0.4, -0.2) is 32.5 Å². The van der Waals surface area contributed by atoms with Crippen LogP contribution in [0.2, 0.25) is 0 Å². The Balaban J connectivity index is 2.34. The molecule has 1 N–H and O–H groups in total. The number of nitrogens with zero attached hydrogens (tertiary/aromatic N) is 4. The van der Waals surface area contributed by atoms with Gasteiger partial charge in [0.05, 0.1) is 5.69 Å². The Morgan fingerprint density at radius 2 is 2.22 bits per heavy atom. The van der Waals surface area contributed by atoms with E-state index in [9.17, 15) is 0 Å². The van der Waals surface area contributed by atoms with Gasteiger partial charge in [-0.05, 0) is 25.7 Å². The maximum atomic E-state index is 4.46. The topological polar surface area (TPSA) is 55.6 Å². The van der Waals surface area contributed by atoms with E-state index in [0.29, 0.717) is 0 Å². The molecule has 0 aromatic carbocycles. The summed E-state index contributed by atoms with van der Waals surface area (Å²) in [5, 5.41) is 8.40. The number of thioether (sulfide) groups is 1. The molecular weight excluding hydrogens is 246 g/mol. The quantitative estimate of drug-likeness (QED) is 0.663. The zero-order chi connectivity index (χ0) is 13.0. The molecule has 6 heteroatoms. The average molecular weight is 263 g/mol. The van der Waals surface area contributed by atoms with Gasteiger partial charge < -0.3 is 5.32 Å². The predicted octanol–water partition coefficient (Wildman–Crippen LogP) is 2.51. The summed E-state index contributed by atoms with van der Waals surface area (Å²) in [5.74, 6) is 1.64. The molecule has 5 nitrogen and oxygen atoms in total. The average Bonchev–Trinajstić information content (AvgIpc) is 2.82. The van der Waals surface area contributed by atoms with Crippen LogP contribution in [0.15, 0.2) is 23.5 Å². The Labute approximate surface area is 111 Å². The number of hydrogen-bond donors (Lipinski definition) is 1. The van der Waals surface area contributed by atoms with Crippen molar-refractivity contribution in [3.05, 3.63) is 24.0 Å². The molecule has 0 aliphatic rings. The third-order valence-electron chi connectivity index (χ3n) is 2.39. The normalized spacial score (nSPS) is 10.6. The zero-order valence-electron chi connectivity index (χ0n) is 10.8. The summed E-state index contributed by atoms with van der Waals surface area (Å²) in [7, 11) is 0. The lowest BCUT2D eigenvalue weighted by Gasteiger charge is -2.08. The highest BCUT2D eigenvalue weighted by Gasteiger charge is 2.06. The van der Waals surface area contributed by atoms with Crippen molar-refractivity contribution in [2.45, 2.75) is 25.4 Å². The van der Waals surface area contributed by atoms with E-state index in [2.05, 4.69) is 27.3 Å². The van der Waals surface area contributed by atoms with E-state index in [0.717, 1.165) is 35.5 Å². The van der Waals surface area contributed by atoms with Gasteiger partial charge in [0, 0.05) is 18.8 Å². The van der Waals surface area contributed by atoms with Crippen LogP contribution in [0.5, 0.6) is 0 Å². The minimum atomic E-state index is 0.749. The Kier molecular flexibility index (Phi) is 4.19. The summed E-state index contributed by atoms with van der Waals surface area (Å²) in [6, 6.07) is 3.88. The van der Waals surface area contributed by atoms with E-state index in [-0.39, 0.29) is 0 Å². The van der Waals surface area contributed by atoms with Crippen LogP contribution in [0.25, 0.3) is 5.82 Å². The summed E-state index contributed by atoms with van der Waals surface area (Å²) in [6.07, 6.45) is 4.94. The van der Waals surface area contributed by atoms with Crippen molar-refractivity contribution in [2.24, 2.45) is 0 Å². The van der Waals surface area contributed by atoms with Crippen molar-refractivity contribution in [1.29, 1.82) is 0 Å². The lowest BCUT2D eigenvalue weighted by atomic mass is 10.4. The van der Waals surface area contributed by atoms with E-state index in [1.165, 1.54) is 11.8 Å². The molecule has 18 heavy (non-hydrogen) atoms. The molecule has 0 radical (unpaired) electrons. The van der Waals surface area contributed by atoms with Crippen LogP contribution >= 0.6 is 11.8 Å². The summed E-state index contributed by atoms with van der Waals surface area (Å²) in [4.78, 5) is 8.88. The van der Waals surface area contributed by atoms with Crippen molar-refractivity contribution in [1.82, 2.24) is 19.7 Å². The number of hydrogen-bond acceptors (Lipinski definition) is 5. The predicted molar refractivity (Wildman–Crippen MR) is 74.5 cm³/mol. The number of nitrogens with one attached hydrogen (secondary N) is 1. The highest BCUT2D eigenvalue weighted by Crippen LogP contribution is 2.16. The van der Waals surface area contributed by atoms with Crippen molar-refractivity contribution >= 4 is 17.6 Å².